The van der Waals surface area contributed by atoms with Gasteiger partial charge in [-0.15, -0.1) is 0 Å². The lowest BCUT2D eigenvalue weighted by Crippen LogP contribution is -2.31. The first-order valence-corrected chi connectivity index (χ1v) is 9.68. The number of methoxy groups -OCH3 is 1. The minimum Gasteiger partial charge on any atom is -0.497 e. The fraction of sp³-hybridized carbons (Fsp3) is 0.261. The number of benzene rings is 2. The number of aryl methyl sites for hydroxylation is 1. The molecule has 0 spiro atoms. The van der Waals surface area contributed by atoms with Gasteiger partial charge in [-0.2, -0.15) is 0 Å². The van der Waals surface area contributed by atoms with Gasteiger partial charge in [0.15, 0.2) is 0 Å². The lowest BCUT2D eigenvalue weighted by atomic mass is 9.87. The summed E-state index contributed by atoms with van der Waals surface area (Å²) in [4.78, 5) is 31.7. The second-order valence-electron chi connectivity index (χ2n) is 7.12. The van der Waals surface area contributed by atoms with Gasteiger partial charge in [-0.05, 0) is 29.7 Å². The molecule has 1 aromatic heterocycles. The van der Waals surface area contributed by atoms with Crippen LogP contribution in [0.25, 0.3) is 0 Å². The summed E-state index contributed by atoms with van der Waals surface area (Å²) in [5.41, 5.74) is 1.80. The minimum absolute atomic E-state index is 0.328. The summed E-state index contributed by atoms with van der Waals surface area (Å²) in [5.74, 6) is -0.525. The number of amides is 1. The van der Waals surface area contributed by atoms with E-state index in [1.54, 1.807) is 24.5 Å². The fourth-order valence-corrected chi connectivity index (χ4v) is 3.98. The average molecular weight is 389 g/mol. The molecule has 2 unspecified atom stereocenters. The molecule has 4 rings (SSSR count). The molecular formula is C23H23N3O3. The number of carbonyl (C=O) groups excluding carboxylic acids is 2. The molecule has 1 aliphatic rings. The zero-order valence-corrected chi connectivity index (χ0v) is 16.3. The van der Waals surface area contributed by atoms with E-state index in [0.29, 0.717) is 6.54 Å². The minimum atomic E-state index is -0.509. The second kappa shape index (κ2) is 8.31. The van der Waals surface area contributed by atoms with Gasteiger partial charge in [-0.25, -0.2) is 4.98 Å². The van der Waals surface area contributed by atoms with Crippen LogP contribution in [-0.2, 0) is 16.1 Å². The molecule has 2 aromatic carbocycles. The van der Waals surface area contributed by atoms with Gasteiger partial charge in [-0.3, -0.25) is 9.59 Å². The third-order valence-corrected chi connectivity index (χ3v) is 5.40. The number of aromatic nitrogens is 2. The van der Waals surface area contributed by atoms with Gasteiger partial charge in [0.1, 0.15) is 5.75 Å². The van der Waals surface area contributed by atoms with E-state index in [0.717, 1.165) is 29.8 Å². The molecule has 148 valence electrons. The van der Waals surface area contributed by atoms with Crippen LogP contribution in [0.3, 0.4) is 0 Å². The molecule has 1 fully saturated rings. The molecule has 1 aliphatic heterocycles. The summed E-state index contributed by atoms with van der Waals surface area (Å²) in [5, 5.41) is 0. The number of carbonyl (C=O) groups is 2. The maximum absolute atomic E-state index is 13.0. The molecule has 6 heteroatoms. The van der Waals surface area contributed by atoms with E-state index in [9.17, 15) is 9.59 Å². The van der Waals surface area contributed by atoms with E-state index in [1.807, 2.05) is 65.4 Å². The van der Waals surface area contributed by atoms with Crippen molar-refractivity contribution in [2.45, 2.75) is 24.9 Å². The zero-order chi connectivity index (χ0) is 20.2. The van der Waals surface area contributed by atoms with Crippen molar-refractivity contribution < 1.29 is 14.3 Å². The largest absolute Gasteiger partial charge is 0.497 e. The van der Waals surface area contributed by atoms with Crippen LogP contribution in [0.15, 0.2) is 73.3 Å². The van der Waals surface area contributed by atoms with Crippen LogP contribution in [0.4, 0.5) is 0 Å². The maximum atomic E-state index is 13.0. The molecular weight excluding hydrogens is 366 g/mol. The number of nitrogens with zero attached hydrogens (tertiary/aromatic N) is 3. The van der Waals surface area contributed by atoms with Gasteiger partial charge in [-0.1, -0.05) is 42.5 Å². The van der Waals surface area contributed by atoms with E-state index in [-0.39, 0.29) is 11.8 Å². The molecule has 2 atom stereocenters. The zero-order valence-electron chi connectivity index (χ0n) is 16.3. The highest BCUT2D eigenvalue weighted by Gasteiger charge is 2.48. The molecule has 29 heavy (non-hydrogen) atoms. The van der Waals surface area contributed by atoms with Crippen LogP contribution in [0.1, 0.15) is 29.5 Å². The standard InChI is InChI=1S/C23H23N3O3/c1-29-19-10-8-18(9-11-19)21-20(17-6-3-2-4-7-17)22(27)23(28)26(21)14-5-13-25-15-12-24-16-25/h2-4,6-12,15-16,20-21H,5,13-14H2,1H3. The van der Waals surface area contributed by atoms with Crippen molar-refractivity contribution in [2.75, 3.05) is 13.7 Å². The highest BCUT2D eigenvalue weighted by atomic mass is 16.5. The molecule has 0 aliphatic carbocycles. The van der Waals surface area contributed by atoms with Crippen LogP contribution in [-0.4, -0.2) is 39.8 Å². The highest BCUT2D eigenvalue weighted by molar-refractivity contribution is 6.40. The molecule has 2 heterocycles. The highest BCUT2D eigenvalue weighted by Crippen LogP contribution is 2.42. The number of rotatable bonds is 7. The van der Waals surface area contributed by atoms with Gasteiger partial charge in [0.05, 0.1) is 25.4 Å². The van der Waals surface area contributed by atoms with Crippen LogP contribution < -0.4 is 4.74 Å². The van der Waals surface area contributed by atoms with Crippen LogP contribution in [0, 0.1) is 0 Å². The number of hydrogen-bond donors (Lipinski definition) is 0. The molecule has 3 aromatic rings. The first-order valence-electron chi connectivity index (χ1n) is 9.68. The monoisotopic (exact) mass is 389 g/mol. The number of likely N-dealkylation sites (tertiary alicyclic amines) is 1. The molecule has 0 saturated carbocycles. The fourth-order valence-electron chi connectivity index (χ4n) is 3.98. The van der Waals surface area contributed by atoms with E-state index in [2.05, 4.69) is 4.98 Å². The summed E-state index contributed by atoms with van der Waals surface area (Å²) in [6.45, 7) is 1.24. The predicted molar refractivity (Wildman–Crippen MR) is 108 cm³/mol. The number of imidazole rings is 1. The Morgan fingerprint density at radius 3 is 2.38 bits per heavy atom. The van der Waals surface area contributed by atoms with Crippen LogP contribution in [0.2, 0.25) is 0 Å². The van der Waals surface area contributed by atoms with Crippen molar-refractivity contribution in [3.05, 3.63) is 84.4 Å². The van der Waals surface area contributed by atoms with E-state index in [4.69, 9.17) is 4.74 Å². The van der Waals surface area contributed by atoms with Crippen LogP contribution in [0.5, 0.6) is 5.75 Å². The number of ketones is 1. The summed E-state index contributed by atoms with van der Waals surface area (Å²) < 4.78 is 7.23. The molecule has 1 saturated heterocycles. The van der Waals surface area contributed by atoms with Gasteiger partial charge in [0.2, 0.25) is 5.78 Å². The Labute approximate surface area is 169 Å². The maximum Gasteiger partial charge on any atom is 0.291 e. The summed E-state index contributed by atoms with van der Waals surface area (Å²) in [6, 6.07) is 16.8. The normalized spacial score (nSPS) is 19.0. The van der Waals surface area contributed by atoms with Crippen LogP contribution >= 0.6 is 0 Å². The summed E-state index contributed by atoms with van der Waals surface area (Å²) in [7, 11) is 1.62. The van der Waals surface area contributed by atoms with Crippen molar-refractivity contribution in [1.82, 2.24) is 14.5 Å². The molecule has 0 radical (unpaired) electrons. The van der Waals surface area contributed by atoms with Gasteiger partial charge >= 0.3 is 0 Å². The number of hydrogen-bond acceptors (Lipinski definition) is 4. The topological polar surface area (TPSA) is 64.4 Å². The van der Waals surface area contributed by atoms with Crippen molar-refractivity contribution in [1.29, 1.82) is 0 Å². The Morgan fingerprint density at radius 2 is 1.72 bits per heavy atom. The second-order valence-corrected chi connectivity index (χ2v) is 7.12. The third-order valence-electron chi connectivity index (χ3n) is 5.40. The summed E-state index contributed by atoms with van der Waals surface area (Å²) >= 11 is 0. The van der Waals surface area contributed by atoms with Gasteiger partial charge in [0.25, 0.3) is 5.91 Å². The van der Waals surface area contributed by atoms with Gasteiger partial charge in [0, 0.05) is 25.5 Å². The van der Waals surface area contributed by atoms with E-state index < -0.39 is 11.8 Å². The Bertz CT molecular complexity index is 968. The first-order chi connectivity index (χ1) is 14.2. The Morgan fingerprint density at radius 1 is 0.966 bits per heavy atom. The van der Waals surface area contributed by atoms with Crippen molar-refractivity contribution in [3.63, 3.8) is 0 Å². The third kappa shape index (κ3) is 3.78. The van der Waals surface area contributed by atoms with E-state index in [1.165, 1.54) is 0 Å². The number of Topliss-reactive ketones (excluding diaryl/α,β-unsaturated/α-hetero) is 1. The van der Waals surface area contributed by atoms with Crippen molar-refractivity contribution in [2.24, 2.45) is 0 Å². The van der Waals surface area contributed by atoms with Crippen molar-refractivity contribution >= 4 is 11.7 Å². The number of ether oxygens (including phenoxy) is 1. The smallest absolute Gasteiger partial charge is 0.291 e. The quantitative estimate of drug-likeness (QED) is 0.582. The average Bonchev–Trinajstić information content (AvgIpc) is 3.37. The predicted octanol–water partition coefficient (Wildman–Crippen LogP) is 3.22. The molecule has 1 amide bonds. The lowest BCUT2D eigenvalue weighted by Gasteiger charge is -2.28. The van der Waals surface area contributed by atoms with E-state index >= 15 is 0 Å². The molecule has 0 N–H and O–H groups in total. The molecule has 0 bridgehead atoms. The van der Waals surface area contributed by atoms with Crippen molar-refractivity contribution in [3.8, 4) is 5.75 Å². The SMILES string of the molecule is COc1ccc(C2C(c3ccccc3)C(=O)C(=O)N2CCCn2ccnc2)cc1. The Kier molecular flexibility index (Phi) is 5.42. The Hall–Kier alpha value is -3.41. The van der Waals surface area contributed by atoms with Gasteiger partial charge < -0.3 is 14.2 Å². The first kappa shape index (κ1) is 18.9. The molecule has 6 nitrogen and oxygen atoms in total. The lowest BCUT2D eigenvalue weighted by molar-refractivity contribution is -0.140. The Balaban J connectivity index is 1.65. The summed E-state index contributed by atoms with van der Waals surface area (Å²) in [6.07, 6.45) is 6.12.